The van der Waals surface area contributed by atoms with Gasteiger partial charge in [0.2, 0.25) is 0 Å². The van der Waals surface area contributed by atoms with Crippen LogP contribution in [0.3, 0.4) is 0 Å². The van der Waals surface area contributed by atoms with Gasteiger partial charge in [-0.3, -0.25) is 0 Å². The molecule has 0 heterocycles. The van der Waals surface area contributed by atoms with E-state index in [0.717, 1.165) is 0 Å². The lowest BCUT2D eigenvalue weighted by Crippen LogP contribution is -2.49. The third-order valence-electron chi connectivity index (χ3n) is 2.96. The van der Waals surface area contributed by atoms with Gasteiger partial charge in [0.1, 0.15) is 6.61 Å². The molecule has 20 heavy (non-hydrogen) atoms. The number of para-hydroxylation sites is 1. The summed E-state index contributed by atoms with van der Waals surface area (Å²) in [7, 11) is 0. The fourth-order valence-electron chi connectivity index (χ4n) is 1.76. The maximum absolute atomic E-state index is 13.5. The fourth-order valence-corrected chi connectivity index (χ4v) is 1.76. The number of aliphatic carboxylic acids is 1. The molecule has 2 aromatic rings. The molecule has 1 unspecified atom stereocenters. The summed E-state index contributed by atoms with van der Waals surface area (Å²) < 4.78 is 18.7. The summed E-state index contributed by atoms with van der Waals surface area (Å²) in [6.07, 6.45) is 0. The van der Waals surface area contributed by atoms with Crippen molar-refractivity contribution in [2.45, 2.75) is 5.54 Å². The van der Waals surface area contributed by atoms with Crippen molar-refractivity contribution in [1.82, 2.24) is 0 Å². The van der Waals surface area contributed by atoms with E-state index < -0.39 is 17.3 Å². The highest BCUT2D eigenvalue weighted by Crippen LogP contribution is 2.22. The minimum Gasteiger partial charge on any atom is -0.488 e. The van der Waals surface area contributed by atoms with Crippen LogP contribution in [-0.2, 0) is 10.3 Å². The van der Waals surface area contributed by atoms with E-state index in [-0.39, 0.29) is 12.4 Å². The number of rotatable bonds is 5. The quantitative estimate of drug-likeness (QED) is 0.877. The predicted octanol–water partition coefficient (Wildman–Crippen LogP) is 2.14. The smallest absolute Gasteiger partial charge is 0.331 e. The minimum absolute atomic E-state index is 0.0282. The highest BCUT2D eigenvalue weighted by Gasteiger charge is 2.37. The average molecular weight is 275 g/mol. The van der Waals surface area contributed by atoms with Crippen LogP contribution in [0.4, 0.5) is 4.39 Å². The number of hydrogen-bond acceptors (Lipinski definition) is 3. The maximum atomic E-state index is 13.5. The van der Waals surface area contributed by atoms with Crippen molar-refractivity contribution in [3.8, 4) is 5.75 Å². The monoisotopic (exact) mass is 275 g/mol. The molecule has 0 fully saturated rings. The Morgan fingerprint density at radius 2 is 1.75 bits per heavy atom. The molecule has 0 bridgehead atoms. The average Bonchev–Trinajstić information content (AvgIpc) is 2.47. The molecule has 0 amide bonds. The van der Waals surface area contributed by atoms with E-state index in [0.29, 0.717) is 5.56 Å². The van der Waals surface area contributed by atoms with Crippen LogP contribution in [-0.4, -0.2) is 17.7 Å². The van der Waals surface area contributed by atoms with Gasteiger partial charge < -0.3 is 15.6 Å². The third kappa shape index (κ3) is 2.78. The summed E-state index contributed by atoms with van der Waals surface area (Å²) in [5.74, 6) is -1.83. The van der Waals surface area contributed by atoms with E-state index >= 15 is 0 Å². The number of carboxylic acid groups (broad SMARTS) is 1. The van der Waals surface area contributed by atoms with Crippen LogP contribution in [0.2, 0.25) is 0 Å². The molecule has 1 atom stereocenters. The second-order valence-electron chi connectivity index (χ2n) is 4.36. The number of carboxylic acids is 1. The van der Waals surface area contributed by atoms with Crippen LogP contribution in [0.25, 0.3) is 0 Å². The highest BCUT2D eigenvalue weighted by atomic mass is 19.1. The molecule has 5 heteroatoms. The SMILES string of the molecule is NC(COc1ccccc1F)(C(=O)O)c1ccccc1. The first kappa shape index (κ1) is 14.0. The van der Waals surface area contributed by atoms with Gasteiger partial charge in [-0.05, 0) is 17.7 Å². The summed E-state index contributed by atoms with van der Waals surface area (Å²) in [6, 6.07) is 14.1. The fraction of sp³-hybridized carbons (Fsp3) is 0.133. The third-order valence-corrected chi connectivity index (χ3v) is 2.96. The van der Waals surface area contributed by atoms with Gasteiger partial charge in [0.25, 0.3) is 0 Å². The molecule has 0 aliphatic rings. The van der Waals surface area contributed by atoms with Crippen molar-refractivity contribution in [1.29, 1.82) is 0 Å². The van der Waals surface area contributed by atoms with Gasteiger partial charge in [0.15, 0.2) is 17.1 Å². The van der Waals surface area contributed by atoms with E-state index in [1.807, 2.05) is 0 Å². The largest absolute Gasteiger partial charge is 0.488 e. The molecule has 0 spiro atoms. The van der Waals surface area contributed by atoms with Crippen LogP contribution in [0, 0.1) is 5.82 Å². The lowest BCUT2D eigenvalue weighted by molar-refractivity contribution is -0.145. The Morgan fingerprint density at radius 1 is 1.15 bits per heavy atom. The van der Waals surface area contributed by atoms with E-state index in [2.05, 4.69) is 0 Å². The molecule has 104 valence electrons. The van der Waals surface area contributed by atoms with Crippen LogP contribution in [0.1, 0.15) is 5.56 Å². The van der Waals surface area contributed by atoms with Crippen LogP contribution >= 0.6 is 0 Å². The zero-order valence-corrected chi connectivity index (χ0v) is 10.6. The number of carbonyl (C=O) groups is 1. The van der Waals surface area contributed by atoms with Gasteiger partial charge in [-0.25, -0.2) is 9.18 Å². The van der Waals surface area contributed by atoms with Gasteiger partial charge in [-0.2, -0.15) is 0 Å². The summed E-state index contributed by atoms with van der Waals surface area (Å²) in [5.41, 5.74) is 4.57. The zero-order chi connectivity index (χ0) is 14.6. The Labute approximate surface area is 115 Å². The Bertz CT molecular complexity index is 603. The van der Waals surface area contributed by atoms with Gasteiger partial charge >= 0.3 is 5.97 Å². The van der Waals surface area contributed by atoms with Gasteiger partial charge in [0, 0.05) is 0 Å². The topological polar surface area (TPSA) is 72.5 Å². The molecule has 0 radical (unpaired) electrons. The predicted molar refractivity (Wildman–Crippen MR) is 71.8 cm³/mol. The number of nitrogens with two attached hydrogens (primary N) is 1. The lowest BCUT2D eigenvalue weighted by atomic mass is 9.92. The van der Waals surface area contributed by atoms with E-state index in [9.17, 15) is 14.3 Å². The summed E-state index contributed by atoms with van der Waals surface area (Å²) in [4.78, 5) is 11.4. The summed E-state index contributed by atoms with van der Waals surface area (Å²) >= 11 is 0. The Hall–Kier alpha value is -2.40. The Morgan fingerprint density at radius 3 is 2.35 bits per heavy atom. The van der Waals surface area contributed by atoms with Gasteiger partial charge in [0.05, 0.1) is 0 Å². The molecule has 3 N–H and O–H groups in total. The van der Waals surface area contributed by atoms with Crippen molar-refractivity contribution in [3.05, 3.63) is 66.0 Å². The van der Waals surface area contributed by atoms with Crippen LogP contribution < -0.4 is 10.5 Å². The molecule has 2 rings (SSSR count). The second-order valence-corrected chi connectivity index (χ2v) is 4.36. The molecule has 0 aromatic heterocycles. The number of hydrogen-bond donors (Lipinski definition) is 2. The molecular formula is C15H14FNO3. The number of benzene rings is 2. The number of ether oxygens (including phenoxy) is 1. The number of halogens is 1. The van der Waals surface area contributed by atoms with E-state index in [1.54, 1.807) is 36.4 Å². The van der Waals surface area contributed by atoms with Crippen molar-refractivity contribution >= 4 is 5.97 Å². The van der Waals surface area contributed by atoms with E-state index in [1.165, 1.54) is 18.2 Å². The normalized spacial score (nSPS) is 13.5. The van der Waals surface area contributed by atoms with Crippen molar-refractivity contribution in [2.75, 3.05) is 6.61 Å². The van der Waals surface area contributed by atoms with Crippen LogP contribution in [0.5, 0.6) is 5.75 Å². The summed E-state index contributed by atoms with van der Waals surface area (Å²) in [6.45, 7) is -0.368. The van der Waals surface area contributed by atoms with Crippen molar-refractivity contribution < 1.29 is 19.0 Å². The van der Waals surface area contributed by atoms with Crippen molar-refractivity contribution in [2.24, 2.45) is 5.73 Å². The molecule has 0 aliphatic carbocycles. The van der Waals surface area contributed by atoms with Gasteiger partial charge in [-0.1, -0.05) is 42.5 Å². The minimum atomic E-state index is -1.73. The molecule has 0 aliphatic heterocycles. The van der Waals surface area contributed by atoms with Gasteiger partial charge in [-0.15, -0.1) is 0 Å². The first-order valence-corrected chi connectivity index (χ1v) is 5.99. The molecular weight excluding hydrogens is 261 g/mol. The second kappa shape index (κ2) is 5.71. The standard InChI is InChI=1S/C15H14FNO3/c16-12-8-4-5-9-13(12)20-10-15(17,14(18)19)11-6-2-1-3-7-11/h1-9H,10,17H2,(H,18,19). The molecule has 4 nitrogen and oxygen atoms in total. The first-order chi connectivity index (χ1) is 9.54. The molecule has 0 saturated carbocycles. The maximum Gasteiger partial charge on any atom is 0.331 e. The first-order valence-electron chi connectivity index (χ1n) is 5.99. The highest BCUT2D eigenvalue weighted by molar-refractivity contribution is 5.80. The molecule has 0 saturated heterocycles. The summed E-state index contributed by atoms with van der Waals surface area (Å²) in [5, 5.41) is 9.33. The van der Waals surface area contributed by atoms with Crippen molar-refractivity contribution in [3.63, 3.8) is 0 Å². The Kier molecular flexibility index (Phi) is 4.00. The van der Waals surface area contributed by atoms with Crippen LogP contribution in [0.15, 0.2) is 54.6 Å². The zero-order valence-electron chi connectivity index (χ0n) is 10.6. The van der Waals surface area contributed by atoms with E-state index in [4.69, 9.17) is 10.5 Å². The Balaban J connectivity index is 2.23. The lowest BCUT2D eigenvalue weighted by Gasteiger charge is -2.25. The molecule has 2 aromatic carbocycles.